The fourth-order valence-electron chi connectivity index (χ4n) is 6.45. The average molecular weight is 415 g/mol. The van der Waals surface area contributed by atoms with E-state index in [1.54, 1.807) is 0 Å². The van der Waals surface area contributed by atoms with E-state index in [-0.39, 0.29) is 11.3 Å². The normalized spacial score (nSPS) is 38.3. The molecule has 0 aliphatic heterocycles. The van der Waals surface area contributed by atoms with Crippen LogP contribution in [0.1, 0.15) is 85.5 Å². The first-order chi connectivity index (χ1) is 14.1. The van der Waals surface area contributed by atoms with Gasteiger partial charge in [0.2, 0.25) is 0 Å². The van der Waals surface area contributed by atoms with Crippen molar-refractivity contribution in [2.75, 3.05) is 0 Å². The van der Waals surface area contributed by atoms with Crippen LogP contribution in [0.4, 0.5) is 0 Å². The molecule has 3 nitrogen and oxygen atoms in total. The van der Waals surface area contributed by atoms with Gasteiger partial charge in [-0.05, 0) is 79.3 Å². The van der Waals surface area contributed by atoms with Gasteiger partial charge in [-0.2, -0.15) is 0 Å². The first kappa shape index (κ1) is 23.5. The van der Waals surface area contributed by atoms with Crippen LogP contribution >= 0.6 is 0 Å². The molecular weight excluding hydrogens is 372 g/mol. The number of ketones is 1. The fourth-order valence-corrected chi connectivity index (χ4v) is 6.45. The summed E-state index contributed by atoms with van der Waals surface area (Å²) in [5, 5.41) is 20.1. The van der Waals surface area contributed by atoms with Crippen molar-refractivity contribution in [1.29, 1.82) is 0 Å². The Kier molecular flexibility index (Phi) is 7.45. The van der Waals surface area contributed by atoms with Gasteiger partial charge in [0.05, 0.1) is 12.2 Å². The van der Waals surface area contributed by atoms with E-state index in [4.69, 9.17) is 0 Å². The second-order valence-corrected chi connectivity index (χ2v) is 10.9. The van der Waals surface area contributed by atoms with Crippen LogP contribution in [0.25, 0.3) is 0 Å². The van der Waals surface area contributed by atoms with Crippen LogP contribution in [-0.2, 0) is 4.79 Å². The molecule has 0 amide bonds. The van der Waals surface area contributed by atoms with Crippen LogP contribution in [0, 0.1) is 29.1 Å². The van der Waals surface area contributed by atoms with Crippen molar-refractivity contribution < 1.29 is 15.0 Å². The third-order valence-electron chi connectivity index (χ3n) is 8.38. The van der Waals surface area contributed by atoms with E-state index in [1.807, 2.05) is 0 Å². The number of hydrogen-bond acceptors (Lipinski definition) is 3. The third-order valence-corrected chi connectivity index (χ3v) is 8.38. The van der Waals surface area contributed by atoms with Gasteiger partial charge in [0, 0.05) is 18.8 Å². The Labute approximate surface area is 183 Å². The maximum Gasteiger partial charge on any atom is 0.136 e. The largest absolute Gasteiger partial charge is 0.393 e. The topological polar surface area (TPSA) is 57.5 Å². The predicted molar refractivity (Wildman–Crippen MR) is 123 cm³/mol. The van der Waals surface area contributed by atoms with Crippen molar-refractivity contribution in [2.45, 2.75) is 97.7 Å². The highest BCUT2D eigenvalue weighted by Gasteiger charge is 2.51. The van der Waals surface area contributed by atoms with Gasteiger partial charge >= 0.3 is 0 Å². The molecule has 0 aromatic heterocycles. The second-order valence-electron chi connectivity index (χ2n) is 10.9. The Hall–Kier alpha value is -1.19. The minimum atomic E-state index is -0.636. The quantitative estimate of drug-likeness (QED) is 0.580. The zero-order valence-corrected chi connectivity index (χ0v) is 19.5. The molecule has 0 bridgehead atoms. The molecule has 30 heavy (non-hydrogen) atoms. The fraction of sp³-hybridized carbons (Fsp3) is 0.741. The Morgan fingerprint density at radius 3 is 2.67 bits per heavy atom. The SMILES string of the molecule is C=C1/C(=C\C=C2CCC[C@@]3(C)C2CC[C@@H]3[C@H](C)C(=O)CCC(C)C)C[C@@H](O)C[C@H]1O. The molecular formula is C27H42O3. The van der Waals surface area contributed by atoms with E-state index in [2.05, 4.69) is 46.4 Å². The maximum atomic E-state index is 12.9. The molecule has 0 heterocycles. The van der Waals surface area contributed by atoms with E-state index in [0.717, 1.165) is 36.8 Å². The molecule has 3 rings (SSSR count). The van der Waals surface area contributed by atoms with E-state index in [0.29, 0.717) is 36.4 Å². The van der Waals surface area contributed by atoms with Crippen molar-refractivity contribution in [3.05, 3.63) is 35.5 Å². The minimum Gasteiger partial charge on any atom is -0.393 e. The third kappa shape index (κ3) is 4.83. The lowest BCUT2D eigenvalue weighted by atomic mass is 9.60. The molecule has 0 aromatic rings. The van der Waals surface area contributed by atoms with Crippen molar-refractivity contribution in [3.8, 4) is 0 Å². The van der Waals surface area contributed by atoms with Crippen molar-refractivity contribution >= 4 is 5.78 Å². The van der Waals surface area contributed by atoms with Gasteiger partial charge in [-0.15, -0.1) is 0 Å². The molecule has 0 aromatic carbocycles. The molecule has 3 saturated carbocycles. The highest BCUT2D eigenvalue weighted by atomic mass is 16.3. The lowest BCUT2D eigenvalue weighted by Gasteiger charge is -2.44. The van der Waals surface area contributed by atoms with E-state index < -0.39 is 12.2 Å². The predicted octanol–water partition coefficient (Wildman–Crippen LogP) is 5.77. The molecule has 3 fully saturated rings. The molecule has 3 aliphatic rings. The molecule has 168 valence electrons. The number of allylic oxidation sites excluding steroid dienone is 3. The number of aliphatic hydroxyl groups excluding tert-OH is 2. The Bertz CT molecular complexity index is 716. The number of fused-ring (bicyclic) bond motifs is 1. The number of aliphatic hydroxyl groups is 2. The molecule has 3 aliphatic carbocycles. The summed E-state index contributed by atoms with van der Waals surface area (Å²) in [4.78, 5) is 12.9. The highest BCUT2D eigenvalue weighted by molar-refractivity contribution is 5.81. The summed E-state index contributed by atoms with van der Waals surface area (Å²) >= 11 is 0. The first-order valence-corrected chi connectivity index (χ1v) is 12.1. The van der Waals surface area contributed by atoms with Crippen LogP contribution in [0.15, 0.2) is 35.5 Å². The smallest absolute Gasteiger partial charge is 0.136 e. The number of carbonyl (C=O) groups is 1. The zero-order chi connectivity index (χ0) is 22.1. The monoisotopic (exact) mass is 414 g/mol. The zero-order valence-electron chi connectivity index (χ0n) is 19.5. The lowest BCUT2D eigenvalue weighted by molar-refractivity contribution is -0.126. The Morgan fingerprint density at radius 1 is 1.23 bits per heavy atom. The van der Waals surface area contributed by atoms with Crippen LogP contribution in [0.2, 0.25) is 0 Å². The van der Waals surface area contributed by atoms with Crippen LogP contribution < -0.4 is 0 Å². The maximum absolute atomic E-state index is 12.9. The van der Waals surface area contributed by atoms with E-state index in [9.17, 15) is 15.0 Å². The molecule has 2 N–H and O–H groups in total. The van der Waals surface area contributed by atoms with Crippen LogP contribution in [-0.4, -0.2) is 28.2 Å². The average Bonchev–Trinajstić information content (AvgIpc) is 3.04. The summed E-state index contributed by atoms with van der Waals surface area (Å²) in [5.41, 5.74) is 3.43. The van der Waals surface area contributed by atoms with Crippen LogP contribution in [0.5, 0.6) is 0 Å². The van der Waals surface area contributed by atoms with Gasteiger partial charge in [0.1, 0.15) is 5.78 Å². The molecule has 6 atom stereocenters. The lowest BCUT2D eigenvalue weighted by Crippen LogP contribution is -2.38. The number of carbonyl (C=O) groups excluding carboxylic acids is 1. The summed E-state index contributed by atoms with van der Waals surface area (Å²) in [7, 11) is 0. The van der Waals surface area contributed by atoms with Crippen molar-refractivity contribution in [3.63, 3.8) is 0 Å². The van der Waals surface area contributed by atoms with Gasteiger partial charge in [-0.1, -0.05) is 52.0 Å². The second kappa shape index (κ2) is 9.53. The van der Waals surface area contributed by atoms with Crippen LogP contribution in [0.3, 0.4) is 0 Å². The van der Waals surface area contributed by atoms with E-state index >= 15 is 0 Å². The minimum absolute atomic E-state index is 0.153. The number of Topliss-reactive ketones (excluding diaryl/α,β-unsaturated/α-hetero) is 1. The molecule has 3 heteroatoms. The van der Waals surface area contributed by atoms with Gasteiger partial charge < -0.3 is 10.2 Å². The molecule has 0 saturated heterocycles. The molecule has 0 spiro atoms. The van der Waals surface area contributed by atoms with E-state index in [1.165, 1.54) is 24.8 Å². The summed E-state index contributed by atoms with van der Waals surface area (Å²) < 4.78 is 0. The summed E-state index contributed by atoms with van der Waals surface area (Å²) in [5.74, 6) is 2.21. The molecule has 0 radical (unpaired) electrons. The number of rotatable bonds is 6. The Balaban J connectivity index is 1.75. The van der Waals surface area contributed by atoms with Gasteiger partial charge in [-0.3, -0.25) is 4.79 Å². The number of hydrogen-bond donors (Lipinski definition) is 2. The van der Waals surface area contributed by atoms with Gasteiger partial charge in [0.15, 0.2) is 0 Å². The summed E-state index contributed by atoms with van der Waals surface area (Å²) in [6.45, 7) is 13.0. The van der Waals surface area contributed by atoms with Gasteiger partial charge in [0.25, 0.3) is 0 Å². The molecule has 1 unspecified atom stereocenters. The standard InChI is InChI=1S/C27H42O3/c1-17(2)8-13-25(29)19(4)23-11-12-24-20(7-6-14-27(23,24)5)9-10-21-15-22(28)16-26(30)18(21)3/h9-10,17,19,22-24,26,28,30H,3,6-8,11-16H2,1-2,4-5H3/b20-9?,21-10-/t19-,22+,23+,24?,26+,27+/m0/s1. The van der Waals surface area contributed by atoms with Crippen molar-refractivity contribution in [1.82, 2.24) is 0 Å². The summed E-state index contributed by atoms with van der Waals surface area (Å²) in [6, 6.07) is 0. The Morgan fingerprint density at radius 2 is 1.97 bits per heavy atom. The highest BCUT2D eigenvalue weighted by Crippen LogP contribution is 2.59. The van der Waals surface area contributed by atoms with Crippen molar-refractivity contribution in [2.24, 2.45) is 29.1 Å². The first-order valence-electron chi connectivity index (χ1n) is 12.1. The van der Waals surface area contributed by atoms with Gasteiger partial charge in [-0.25, -0.2) is 0 Å². The summed E-state index contributed by atoms with van der Waals surface area (Å²) in [6.07, 6.45) is 11.7.